The van der Waals surface area contributed by atoms with Gasteiger partial charge in [-0.05, 0) is 128 Å². The van der Waals surface area contributed by atoms with E-state index in [-0.39, 0.29) is 69.4 Å². The van der Waals surface area contributed by atoms with Crippen LogP contribution >= 0.6 is 0 Å². The van der Waals surface area contributed by atoms with Gasteiger partial charge in [-0.2, -0.15) is 0 Å². The average Bonchev–Trinajstić information content (AvgIpc) is 3.34. The Hall–Kier alpha value is -6.48. The lowest BCUT2D eigenvalue weighted by molar-refractivity contribution is -0.135. The lowest BCUT2D eigenvalue weighted by atomic mass is 10.0. The van der Waals surface area contributed by atoms with Crippen molar-refractivity contribution in [3.63, 3.8) is 0 Å². The van der Waals surface area contributed by atoms with Crippen LogP contribution in [0.3, 0.4) is 0 Å². The van der Waals surface area contributed by atoms with E-state index in [1.807, 2.05) is 41.5 Å². The first-order valence-corrected chi connectivity index (χ1v) is 26.7. The van der Waals surface area contributed by atoms with Crippen LogP contribution in [0.5, 0.6) is 0 Å². The van der Waals surface area contributed by atoms with Gasteiger partial charge in [0.1, 0.15) is 48.3 Å². The highest BCUT2D eigenvalue weighted by Gasteiger charge is 2.33. The molecule has 0 aromatic heterocycles. The van der Waals surface area contributed by atoms with Gasteiger partial charge in [-0.25, -0.2) is 0 Å². The van der Waals surface area contributed by atoms with Gasteiger partial charge in [0.05, 0.1) is 19.6 Å². The van der Waals surface area contributed by atoms with E-state index in [1.54, 1.807) is 0 Å². The van der Waals surface area contributed by atoms with Crippen molar-refractivity contribution in [2.75, 3.05) is 39.3 Å². The Labute approximate surface area is 453 Å². The number of nitrogens with one attached hydrogen (secondary N) is 11. The zero-order valence-corrected chi connectivity index (χ0v) is 46.8. The highest BCUT2D eigenvalue weighted by Crippen LogP contribution is 2.12. The molecule has 0 bridgehead atoms. The maximum atomic E-state index is 14.0. The summed E-state index contributed by atoms with van der Waals surface area (Å²) in [6.07, 6.45) is 3.87. The second-order valence-corrected chi connectivity index (χ2v) is 20.5. The molecule has 0 rings (SSSR count). The third-order valence-electron chi connectivity index (χ3n) is 11.7. The normalized spacial score (nSPS) is 14.2. The molecule has 0 aromatic carbocycles. The van der Waals surface area contributed by atoms with Crippen molar-refractivity contribution in [1.29, 1.82) is 0 Å². The molecule has 0 spiro atoms. The van der Waals surface area contributed by atoms with E-state index in [4.69, 9.17) is 22.9 Å². The van der Waals surface area contributed by atoms with Crippen LogP contribution in [0, 0.1) is 17.8 Å². The minimum absolute atomic E-state index is 0.0572. The van der Waals surface area contributed by atoms with Crippen LogP contribution in [0.25, 0.3) is 0 Å². The van der Waals surface area contributed by atoms with Gasteiger partial charge in [-0.15, -0.1) is 0 Å². The molecule has 440 valence electrons. The van der Waals surface area contributed by atoms with Crippen LogP contribution in [0.2, 0.25) is 0 Å². The van der Waals surface area contributed by atoms with E-state index < -0.39 is 132 Å². The van der Waals surface area contributed by atoms with Gasteiger partial charge in [0.25, 0.3) is 0 Å². The molecule has 19 N–H and O–H groups in total. The minimum atomic E-state index is -1.26. The summed E-state index contributed by atoms with van der Waals surface area (Å²) in [7, 11) is 0. The van der Waals surface area contributed by atoms with E-state index in [0.29, 0.717) is 51.6 Å². The predicted octanol–water partition coefficient (Wildman–Crippen LogP) is -3.72. The first-order chi connectivity index (χ1) is 36.1. The standard InChI is InChI=1S/C50H93N15O12/c1-28(2)22-37(48(75)61-34(43(54)70)16-10-13-19-51)60-42(69)27-57-46(73)35(17-11-14-20-52)62-49(76)38(23-29(3)4)65-45(72)32(8)59-47(74)36(18-12-15-21-53)63-50(77)39(24-30(5)6)64-44(71)31(7)58-41(68)26-56-40(67)25-55-33(9)66/h28-32,34-39H,10-27,51-53H2,1-9H3,(H2,54,70)(H,55,66)(H,56,67)(H,57,73)(H,58,68)(H,59,74)(H,60,69)(H,61,75)(H,62,76)(H,63,77)(H,64,71)(H,65,72)/t31-,32-,34-,35-,36-,37-,38-,39-/m0/s1. The van der Waals surface area contributed by atoms with Crippen LogP contribution in [0.4, 0.5) is 0 Å². The lowest BCUT2D eigenvalue weighted by Gasteiger charge is -2.27. The molecule has 27 nitrogen and oxygen atoms in total. The van der Waals surface area contributed by atoms with Gasteiger partial charge < -0.3 is 81.4 Å². The Morgan fingerprint density at radius 3 is 1.06 bits per heavy atom. The van der Waals surface area contributed by atoms with Crippen molar-refractivity contribution in [3.8, 4) is 0 Å². The largest absolute Gasteiger partial charge is 0.368 e. The Bertz CT molecular complexity index is 1940. The van der Waals surface area contributed by atoms with E-state index in [9.17, 15) is 57.5 Å². The highest BCUT2D eigenvalue weighted by molar-refractivity contribution is 5.98. The van der Waals surface area contributed by atoms with Gasteiger partial charge in [0.15, 0.2) is 0 Å². The van der Waals surface area contributed by atoms with Gasteiger partial charge in [0.2, 0.25) is 70.9 Å². The van der Waals surface area contributed by atoms with Crippen molar-refractivity contribution >= 4 is 70.9 Å². The molecule has 77 heavy (non-hydrogen) atoms. The SMILES string of the molecule is CC(=O)NCC(=O)NCC(=O)N[C@@H](C)C(=O)N[C@@H](CC(C)C)C(=O)N[C@@H](CCCCN)C(=O)N[C@@H](C)C(=O)N[C@@H](CC(C)C)C(=O)N[C@@H](CCCCN)C(=O)NCC(=O)N[C@@H](CC(C)C)C(=O)N[C@@H](CCCCN)C(N)=O. The van der Waals surface area contributed by atoms with Gasteiger partial charge >= 0.3 is 0 Å². The topological polar surface area (TPSA) is 441 Å². The molecule has 0 saturated carbocycles. The molecule has 0 aliphatic carbocycles. The maximum Gasteiger partial charge on any atom is 0.243 e. The smallest absolute Gasteiger partial charge is 0.243 e. The molecule has 27 heteroatoms. The number of hydrogen-bond acceptors (Lipinski definition) is 15. The first kappa shape index (κ1) is 70.5. The fourth-order valence-electron chi connectivity index (χ4n) is 7.54. The van der Waals surface area contributed by atoms with Gasteiger partial charge in [-0.3, -0.25) is 57.5 Å². The molecule has 0 saturated heterocycles. The second kappa shape index (κ2) is 39.0. The first-order valence-electron chi connectivity index (χ1n) is 26.7. The molecule has 0 heterocycles. The summed E-state index contributed by atoms with van der Waals surface area (Å²) in [4.78, 5) is 156. The Kier molecular flexibility index (Phi) is 35.7. The maximum absolute atomic E-state index is 14.0. The Morgan fingerprint density at radius 1 is 0.338 bits per heavy atom. The van der Waals surface area contributed by atoms with Crippen LogP contribution in [0.1, 0.15) is 139 Å². The van der Waals surface area contributed by atoms with Crippen LogP contribution in [-0.2, 0) is 57.5 Å². The number of unbranched alkanes of at least 4 members (excludes halogenated alkanes) is 3. The van der Waals surface area contributed by atoms with Gasteiger partial charge in [-0.1, -0.05) is 41.5 Å². The molecule has 0 radical (unpaired) electrons. The summed E-state index contributed by atoms with van der Waals surface area (Å²) in [6.45, 7) is 14.5. The number of primary amides is 1. The van der Waals surface area contributed by atoms with Gasteiger partial charge in [0, 0.05) is 6.92 Å². The van der Waals surface area contributed by atoms with Crippen LogP contribution < -0.4 is 81.4 Å². The molecular formula is C50H93N15O12. The summed E-state index contributed by atoms with van der Waals surface area (Å²) in [6, 6.07) is -9.22. The second-order valence-electron chi connectivity index (χ2n) is 20.5. The lowest BCUT2D eigenvalue weighted by Crippen LogP contribution is -2.59. The highest BCUT2D eigenvalue weighted by atomic mass is 16.2. The molecule has 8 atom stereocenters. The molecule has 12 amide bonds. The minimum Gasteiger partial charge on any atom is -0.368 e. The zero-order chi connectivity index (χ0) is 58.8. The summed E-state index contributed by atoms with van der Waals surface area (Å²) >= 11 is 0. The molecule has 0 aliphatic rings. The van der Waals surface area contributed by atoms with E-state index in [1.165, 1.54) is 20.8 Å². The average molecular weight is 1100 g/mol. The van der Waals surface area contributed by atoms with E-state index in [0.717, 1.165) is 0 Å². The van der Waals surface area contributed by atoms with Crippen molar-refractivity contribution < 1.29 is 57.5 Å². The quantitative estimate of drug-likeness (QED) is 0.0263. The van der Waals surface area contributed by atoms with Crippen molar-refractivity contribution in [1.82, 2.24) is 58.5 Å². The number of amides is 12. The Morgan fingerprint density at radius 2 is 0.662 bits per heavy atom. The number of rotatable bonds is 40. The van der Waals surface area contributed by atoms with Crippen molar-refractivity contribution in [2.24, 2.45) is 40.7 Å². The molecule has 0 aromatic rings. The van der Waals surface area contributed by atoms with Crippen molar-refractivity contribution in [2.45, 2.75) is 188 Å². The molecule has 0 unspecified atom stereocenters. The molecular weight excluding hydrogens is 1000 g/mol. The van der Waals surface area contributed by atoms with Crippen LogP contribution in [-0.4, -0.2) is 158 Å². The summed E-state index contributed by atoms with van der Waals surface area (Å²) in [5.41, 5.74) is 22.5. The fourth-order valence-corrected chi connectivity index (χ4v) is 7.54. The zero-order valence-electron chi connectivity index (χ0n) is 46.8. The molecule has 0 aliphatic heterocycles. The number of hydrogen-bond donors (Lipinski definition) is 15. The number of carbonyl (C=O) groups is 12. The molecule has 0 fully saturated rings. The summed E-state index contributed by atoms with van der Waals surface area (Å²) in [5, 5.41) is 28.0. The number of carbonyl (C=O) groups excluding carboxylic acids is 12. The third-order valence-corrected chi connectivity index (χ3v) is 11.7. The van der Waals surface area contributed by atoms with Crippen molar-refractivity contribution in [3.05, 3.63) is 0 Å². The fraction of sp³-hybridized carbons (Fsp3) is 0.760. The third kappa shape index (κ3) is 32.0. The van der Waals surface area contributed by atoms with E-state index >= 15 is 0 Å². The predicted molar refractivity (Wildman–Crippen MR) is 288 cm³/mol. The monoisotopic (exact) mass is 1100 g/mol. The Balaban J connectivity index is 6.09. The number of nitrogens with two attached hydrogens (primary N) is 4. The summed E-state index contributed by atoms with van der Waals surface area (Å²) < 4.78 is 0. The van der Waals surface area contributed by atoms with E-state index in [2.05, 4.69) is 58.5 Å². The van der Waals surface area contributed by atoms with Crippen LogP contribution in [0.15, 0.2) is 0 Å². The summed E-state index contributed by atoms with van der Waals surface area (Å²) in [5.74, 6) is -8.61.